The third-order valence-electron chi connectivity index (χ3n) is 2.75. The summed E-state index contributed by atoms with van der Waals surface area (Å²) in [4.78, 5) is 0. The van der Waals surface area contributed by atoms with Crippen molar-refractivity contribution in [2.24, 2.45) is 5.41 Å². The Morgan fingerprint density at radius 1 is 1.39 bits per heavy atom. The van der Waals surface area contributed by atoms with Crippen LogP contribution in [0.15, 0.2) is 22.7 Å². The first-order chi connectivity index (χ1) is 8.52. The van der Waals surface area contributed by atoms with Gasteiger partial charge in [-0.1, -0.05) is 35.0 Å². The number of nitrogens with zero attached hydrogens (tertiary/aromatic N) is 3. The number of hydrogen-bond donors (Lipinski definition) is 0. The Morgan fingerprint density at radius 2 is 2.17 bits per heavy atom. The molecule has 1 aromatic carbocycles. The van der Waals surface area contributed by atoms with E-state index in [1.54, 1.807) is 0 Å². The molecule has 0 aliphatic rings. The van der Waals surface area contributed by atoms with Crippen molar-refractivity contribution in [1.82, 2.24) is 15.0 Å². The van der Waals surface area contributed by atoms with Crippen LogP contribution in [0.2, 0.25) is 0 Å². The van der Waals surface area contributed by atoms with Crippen LogP contribution in [-0.2, 0) is 11.3 Å². The summed E-state index contributed by atoms with van der Waals surface area (Å²) in [7, 11) is 0. The molecule has 2 aromatic rings. The van der Waals surface area contributed by atoms with E-state index in [0.29, 0.717) is 0 Å². The Bertz CT molecular complexity index is 536. The van der Waals surface area contributed by atoms with E-state index < -0.39 is 0 Å². The Kier molecular flexibility index (Phi) is 4.02. The SMILES string of the molecule is CCOCC(C)(C)Cn1nnc2cc(Br)ccc21. The maximum atomic E-state index is 5.51. The summed E-state index contributed by atoms with van der Waals surface area (Å²) in [6.45, 7) is 8.63. The van der Waals surface area contributed by atoms with Crippen molar-refractivity contribution in [3.63, 3.8) is 0 Å². The lowest BCUT2D eigenvalue weighted by Crippen LogP contribution is -2.26. The van der Waals surface area contributed by atoms with Gasteiger partial charge in [0.15, 0.2) is 0 Å². The molecule has 98 valence electrons. The predicted octanol–water partition coefficient (Wildman–Crippen LogP) is 3.26. The lowest BCUT2D eigenvalue weighted by atomic mass is 9.95. The van der Waals surface area contributed by atoms with E-state index in [0.717, 1.165) is 35.3 Å². The lowest BCUT2D eigenvalue weighted by molar-refractivity contribution is 0.0594. The Hall–Kier alpha value is -0.940. The van der Waals surface area contributed by atoms with Crippen LogP contribution in [0.3, 0.4) is 0 Å². The first kappa shape index (κ1) is 13.5. The monoisotopic (exact) mass is 311 g/mol. The zero-order chi connectivity index (χ0) is 13.2. The van der Waals surface area contributed by atoms with Crippen LogP contribution < -0.4 is 0 Å². The molecule has 0 fully saturated rings. The summed E-state index contributed by atoms with van der Waals surface area (Å²) in [6, 6.07) is 6.03. The van der Waals surface area contributed by atoms with Crippen LogP contribution in [0.4, 0.5) is 0 Å². The zero-order valence-corrected chi connectivity index (χ0v) is 12.6. The van der Waals surface area contributed by atoms with E-state index >= 15 is 0 Å². The summed E-state index contributed by atoms with van der Waals surface area (Å²) in [5.41, 5.74) is 2.02. The molecule has 0 saturated carbocycles. The van der Waals surface area contributed by atoms with Crippen LogP contribution in [-0.4, -0.2) is 28.2 Å². The number of rotatable bonds is 5. The smallest absolute Gasteiger partial charge is 0.114 e. The number of hydrogen-bond acceptors (Lipinski definition) is 3. The quantitative estimate of drug-likeness (QED) is 0.851. The van der Waals surface area contributed by atoms with Gasteiger partial charge in [-0.25, -0.2) is 4.68 Å². The molecular weight excluding hydrogens is 294 g/mol. The van der Waals surface area contributed by atoms with Crippen molar-refractivity contribution < 1.29 is 4.74 Å². The fourth-order valence-corrected chi connectivity index (χ4v) is 2.24. The van der Waals surface area contributed by atoms with E-state index in [2.05, 4.69) is 40.1 Å². The number of benzene rings is 1. The lowest BCUT2D eigenvalue weighted by Gasteiger charge is -2.23. The molecule has 0 aliphatic carbocycles. The second-order valence-corrected chi connectivity index (χ2v) is 6.10. The van der Waals surface area contributed by atoms with Crippen molar-refractivity contribution in [2.45, 2.75) is 27.3 Å². The van der Waals surface area contributed by atoms with Gasteiger partial charge in [0.1, 0.15) is 5.52 Å². The summed E-state index contributed by atoms with van der Waals surface area (Å²) in [5, 5.41) is 8.41. The summed E-state index contributed by atoms with van der Waals surface area (Å²) in [6.07, 6.45) is 0. The van der Waals surface area contributed by atoms with Crippen LogP contribution in [0, 0.1) is 5.41 Å². The molecule has 1 heterocycles. The summed E-state index contributed by atoms with van der Waals surface area (Å²) in [5.74, 6) is 0. The van der Waals surface area contributed by atoms with Gasteiger partial charge < -0.3 is 4.74 Å². The van der Waals surface area contributed by atoms with Gasteiger partial charge in [-0.05, 0) is 25.1 Å². The molecule has 0 spiro atoms. The van der Waals surface area contributed by atoms with Crippen molar-refractivity contribution in [3.8, 4) is 0 Å². The van der Waals surface area contributed by atoms with Gasteiger partial charge in [0, 0.05) is 16.5 Å². The molecule has 0 unspecified atom stereocenters. The third-order valence-corrected chi connectivity index (χ3v) is 3.24. The van der Waals surface area contributed by atoms with E-state index in [4.69, 9.17) is 4.74 Å². The van der Waals surface area contributed by atoms with Gasteiger partial charge in [-0.2, -0.15) is 0 Å². The highest BCUT2D eigenvalue weighted by Crippen LogP contribution is 2.22. The van der Waals surface area contributed by atoms with Crippen molar-refractivity contribution in [3.05, 3.63) is 22.7 Å². The van der Waals surface area contributed by atoms with Gasteiger partial charge in [0.05, 0.1) is 18.7 Å². The number of ether oxygens (including phenoxy) is 1. The van der Waals surface area contributed by atoms with Crippen molar-refractivity contribution >= 4 is 27.0 Å². The standard InChI is InChI=1S/C13H18BrN3O/c1-4-18-9-13(2,3)8-17-12-6-5-10(14)7-11(12)15-16-17/h5-7H,4,8-9H2,1-3H3. The van der Waals surface area contributed by atoms with Gasteiger partial charge in [-0.15, -0.1) is 5.10 Å². The predicted molar refractivity (Wildman–Crippen MR) is 75.5 cm³/mol. The molecule has 0 radical (unpaired) electrons. The Balaban J connectivity index is 2.21. The Morgan fingerprint density at radius 3 is 2.89 bits per heavy atom. The normalized spacial score (nSPS) is 12.2. The second-order valence-electron chi connectivity index (χ2n) is 5.18. The minimum Gasteiger partial charge on any atom is -0.381 e. The number of aromatic nitrogens is 3. The molecule has 0 saturated heterocycles. The molecule has 5 heteroatoms. The van der Waals surface area contributed by atoms with Crippen LogP contribution >= 0.6 is 15.9 Å². The fourth-order valence-electron chi connectivity index (χ4n) is 1.89. The summed E-state index contributed by atoms with van der Waals surface area (Å²) < 4.78 is 8.48. The molecule has 0 bridgehead atoms. The fraction of sp³-hybridized carbons (Fsp3) is 0.538. The highest BCUT2D eigenvalue weighted by molar-refractivity contribution is 9.10. The highest BCUT2D eigenvalue weighted by Gasteiger charge is 2.20. The number of halogens is 1. The minimum atomic E-state index is 0.0454. The highest BCUT2D eigenvalue weighted by atomic mass is 79.9. The average Bonchev–Trinajstić information content (AvgIpc) is 2.68. The first-order valence-electron chi connectivity index (χ1n) is 6.08. The minimum absolute atomic E-state index is 0.0454. The molecule has 0 N–H and O–H groups in total. The second kappa shape index (κ2) is 5.36. The van der Waals surface area contributed by atoms with Gasteiger partial charge >= 0.3 is 0 Å². The average molecular weight is 312 g/mol. The van der Waals surface area contributed by atoms with Gasteiger partial charge in [0.2, 0.25) is 0 Å². The molecule has 0 aliphatic heterocycles. The molecule has 1 aromatic heterocycles. The van der Waals surface area contributed by atoms with E-state index in [1.807, 2.05) is 29.8 Å². The summed E-state index contributed by atoms with van der Waals surface area (Å²) >= 11 is 3.44. The van der Waals surface area contributed by atoms with Crippen LogP contribution in [0.5, 0.6) is 0 Å². The first-order valence-corrected chi connectivity index (χ1v) is 6.88. The maximum absolute atomic E-state index is 5.51. The van der Waals surface area contributed by atoms with E-state index in [-0.39, 0.29) is 5.41 Å². The van der Waals surface area contributed by atoms with E-state index in [9.17, 15) is 0 Å². The maximum Gasteiger partial charge on any atom is 0.114 e. The topological polar surface area (TPSA) is 39.9 Å². The largest absolute Gasteiger partial charge is 0.381 e. The van der Waals surface area contributed by atoms with Crippen molar-refractivity contribution in [2.75, 3.05) is 13.2 Å². The molecule has 0 amide bonds. The third kappa shape index (κ3) is 3.09. The molecular formula is C13H18BrN3O. The van der Waals surface area contributed by atoms with Gasteiger partial charge in [-0.3, -0.25) is 0 Å². The molecule has 2 rings (SSSR count). The van der Waals surface area contributed by atoms with Crippen molar-refractivity contribution in [1.29, 1.82) is 0 Å². The zero-order valence-electron chi connectivity index (χ0n) is 11.0. The molecule has 18 heavy (non-hydrogen) atoms. The van der Waals surface area contributed by atoms with E-state index in [1.165, 1.54) is 0 Å². The molecule has 4 nitrogen and oxygen atoms in total. The van der Waals surface area contributed by atoms with Gasteiger partial charge in [0.25, 0.3) is 0 Å². The van der Waals surface area contributed by atoms with Crippen LogP contribution in [0.1, 0.15) is 20.8 Å². The van der Waals surface area contributed by atoms with Crippen LogP contribution in [0.25, 0.3) is 11.0 Å². The number of fused-ring (bicyclic) bond motifs is 1. The Labute approximate surface area is 115 Å². The molecule has 0 atom stereocenters.